The fraction of sp³-hybridized carbons (Fsp3) is 0.278. The highest BCUT2D eigenvalue weighted by molar-refractivity contribution is 6.05. The standard InChI is InChI=1S/C18H14F6N4O2/c1-9(2)28-8-10-6-13(14(7-12(10)27-28)30-18(22,23)24)26-16(29)11-4-3-5-15(25-11)17(19,20)21/h3-9H,1-2H3,(H,26,29). The molecule has 30 heavy (non-hydrogen) atoms. The molecule has 1 amide bonds. The van der Waals surface area contributed by atoms with E-state index in [2.05, 4.69) is 20.1 Å². The van der Waals surface area contributed by atoms with E-state index in [9.17, 15) is 31.1 Å². The Morgan fingerprint density at radius 1 is 1.13 bits per heavy atom. The molecule has 0 aliphatic heterocycles. The van der Waals surface area contributed by atoms with Gasteiger partial charge in [0.15, 0.2) is 5.75 Å². The van der Waals surface area contributed by atoms with Gasteiger partial charge in [0, 0.05) is 23.7 Å². The number of halogens is 6. The summed E-state index contributed by atoms with van der Waals surface area (Å²) in [4.78, 5) is 15.6. The lowest BCUT2D eigenvalue weighted by Gasteiger charge is -2.14. The van der Waals surface area contributed by atoms with E-state index >= 15 is 0 Å². The van der Waals surface area contributed by atoms with Gasteiger partial charge < -0.3 is 10.1 Å². The maximum absolute atomic E-state index is 12.8. The summed E-state index contributed by atoms with van der Waals surface area (Å²) in [5.41, 5.74) is -2.15. The quantitative estimate of drug-likeness (QED) is 0.577. The fourth-order valence-electron chi connectivity index (χ4n) is 2.55. The second-order valence-electron chi connectivity index (χ2n) is 6.52. The van der Waals surface area contributed by atoms with Crippen molar-refractivity contribution in [3.63, 3.8) is 0 Å². The number of pyridine rings is 1. The first-order valence-electron chi connectivity index (χ1n) is 8.48. The Morgan fingerprint density at radius 2 is 1.83 bits per heavy atom. The highest BCUT2D eigenvalue weighted by Gasteiger charge is 2.34. The SMILES string of the molecule is CC(C)n1cc2cc(NC(=O)c3cccc(C(F)(F)F)n3)c(OC(F)(F)F)cc2n1. The van der Waals surface area contributed by atoms with Crippen LogP contribution in [0.5, 0.6) is 5.75 Å². The van der Waals surface area contributed by atoms with Gasteiger partial charge >= 0.3 is 12.5 Å². The van der Waals surface area contributed by atoms with Crippen LogP contribution in [-0.2, 0) is 6.18 Å². The van der Waals surface area contributed by atoms with Gasteiger partial charge in [0.05, 0.1) is 11.2 Å². The van der Waals surface area contributed by atoms with Crippen LogP contribution in [-0.4, -0.2) is 27.0 Å². The average Bonchev–Trinajstić information content (AvgIpc) is 3.03. The highest BCUT2D eigenvalue weighted by Crippen LogP contribution is 2.35. The normalized spacial score (nSPS) is 12.4. The van der Waals surface area contributed by atoms with E-state index in [-0.39, 0.29) is 11.6 Å². The number of aromatic nitrogens is 3. The molecule has 0 bridgehead atoms. The number of hydrogen-bond acceptors (Lipinski definition) is 4. The zero-order valence-corrected chi connectivity index (χ0v) is 15.5. The highest BCUT2D eigenvalue weighted by atomic mass is 19.4. The Morgan fingerprint density at radius 3 is 2.43 bits per heavy atom. The maximum Gasteiger partial charge on any atom is 0.573 e. The zero-order valence-electron chi connectivity index (χ0n) is 15.5. The Labute approximate surface area is 165 Å². The number of nitrogens with zero attached hydrogens (tertiary/aromatic N) is 3. The predicted octanol–water partition coefficient (Wildman–Crippen LogP) is 5.18. The van der Waals surface area contributed by atoms with Gasteiger partial charge in [-0.05, 0) is 32.0 Å². The van der Waals surface area contributed by atoms with Gasteiger partial charge in [-0.25, -0.2) is 4.98 Å². The number of nitrogens with one attached hydrogen (secondary N) is 1. The minimum atomic E-state index is -5.07. The molecule has 0 aliphatic rings. The summed E-state index contributed by atoms with van der Waals surface area (Å²) in [7, 11) is 0. The first-order valence-corrected chi connectivity index (χ1v) is 8.48. The lowest BCUT2D eigenvalue weighted by atomic mass is 10.2. The molecule has 3 rings (SSSR count). The van der Waals surface area contributed by atoms with Crippen LogP contribution in [0.1, 0.15) is 36.1 Å². The van der Waals surface area contributed by atoms with Crippen LogP contribution < -0.4 is 10.1 Å². The van der Waals surface area contributed by atoms with E-state index in [0.717, 1.165) is 18.2 Å². The molecule has 0 atom stereocenters. The number of benzene rings is 1. The van der Waals surface area contributed by atoms with Gasteiger partial charge in [-0.1, -0.05) is 6.07 Å². The Bertz CT molecular complexity index is 1090. The number of ether oxygens (including phenoxy) is 1. The molecule has 0 fully saturated rings. The molecule has 12 heteroatoms. The molecule has 160 valence electrons. The lowest BCUT2D eigenvalue weighted by molar-refractivity contribution is -0.274. The van der Waals surface area contributed by atoms with Crippen LogP contribution in [0.4, 0.5) is 32.0 Å². The first kappa shape index (κ1) is 21.4. The first-order chi connectivity index (χ1) is 13.8. The lowest BCUT2D eigenvalue weighted by Crippen LogP contribution is -2.20. The van der Waals surface area contributed by atoms with Crippen molar-refractivity contribution >= 4 is 22.5 Å². The smallest absolute Gasteiger partial charge is 0.403 e. The number of anilines is 1. The largest absolute Gasteiger partial charge is 0.573 e. The molecule has 3 aromatic rings. The van der Waals surface area contributed by atoms with Crippen LogP contribution in [0.3, 0.4) is 0 Å². The summed E-state index contributed by atoms with van der Waals surface area (Å²) in [5.74, 6) is -1.90. The number of amides is 1. The summed E-state index contributed by atoms with van der Waals surface area (Å²) in [6, 6.07) is 4.72. The molecule has 1 aromatic carbocycles. The molecule has 0 unspecified atom stereocenters. The van der Waals surface area contributed by atoms with Gasteiger partial charge in [-0.2, -0.15) is 18.3 Å². The molecule has 2 aromatic heterocycles. The number of fused-ring (bicyclic) bond motifs is 1. The molecular formula is C18H14F6N4O2. The molecule has 0 radical (unpaired) electrons. The third-order valence-electron chi connectivity index (χ3n) is 3.90. The monoisotopic (exact) mass is 432 g/mol. The third kappa shape index (κ3) is 4.81. The number of hydrogen-bond donors (Lipinski definition) is 1. The van der Waals surface area contributed by atoms with Crippen LogP contribution in [0.2, 0.25) is 0 Å². The number of carbonyl (C=O) groups is 1. The van der Waals surface area contributed by atoms with E-state index in [1.54, 1.807) is 20.0 Å². The van der Waals surface area contributed by atoms with Crippen molar-refractivity contribution in [2.75, 3.05) is 5.32 Å². The fourth-order valence-corrected chi connectivity index (χ4v) is 2.55. The van der Waals surface area contributed by atoms with Crippen LogP contribution in [0, 0.1) is 0 Å². The summed E-state index contributed by atoms with van der Waals surface area (Å²) in [6.45, 7) is 3.61. The van der Waals surface area contributed by atoms with Crippen molar-refractivity contribution in [3.8, 4) is 5.75 Å². The Balaban J connectivity index is 2.01. The number of rotatable bonds is 4. The third-order valence-corrected chi connectivity index (χ3v) is 3.90. The minimum Gasteiger partial charge on any atom is -0.403 e. The summed E-state index contributed by atoms with van der Waals surface area (Å²) in [5, 5.41) is 6.66. The van der Waals surface area contributed by atoms with E-state index in [1.165, 1.54) is 10.7 Å². The molecule has 0 saturated carbocycles. The maximum atomic E-state index is 12.8. The Hall–Kier alpha value is -3.31. The zero-order chi connectivity index (χ0) is 22.3. The van der Waals surface area contributed by atoms with Crippen molar-refractivity contribution in [1.29, 1.82) is 0 Å². The molecule has 2 heterocycles. The topological polar surface area (TPSA) is 69.0 Å². The summed E-state index contributed by atoms with van der Waals surface area (Å²) in [6.07, 6.45) is -8.30. The average molecular weight is 432 g/mol. The number of carbonyl (C=O) groups excluding carboxylic acids is 1. The van der Waals surface area contributed by atoms with Crippen molar-refractivity contribution in [2.24, 2.45) is 0 Å². The van der Waals surface area contributed by atoms with Crippen molar-refractivity contribution < 1.29 is 35.9 Å². The Kier molecular flexibility index (Phi) is 5.35. The molecule has 0 aliphatic carbocycles. The van der Waals surface area contributed by atoms with Gasteiger partial charge in [0.25, 0.3) is 5.91 Å². The number of alkyl halides is 6. The van der Waals surface area contributed by atoms with Crippen molar-refractivity contribution in [3.05, 3.63) is 47.9 Å². The van der Waals surface area contributed by atoms with Crippen molar-refractivity contribution in [1.82, 2.24) is 14.8 Å². The van der Waals surface area contributed by atoms with Crippen LogP contribution in [0.25, 0.3) is 10.9 Å². The molecule has 1 N–H and O–H groups in total. The van der Waals surface area contributed by atoms with Crippen LogP contribution >= 0.6 is 0 Å². The van der Waals surface area contributed by atoms with E-state index in [4.69, 9.17) is 0 Å². The van der Waals surface area contributed by atoms with E-state index < -0.39 is 41.3 Å². The van der Waals surface area contributed by atoms with Crippen molar-refractivity contribution in [2.45, 2.75) is 32.4 Å². The summed E-state index contributed by atoms with van der Waals surface area (Å²) >= 11 is 0. The minimum absolute atomic E-state index is 0.0864. The predicted molar refractivity (Wildman–Crippen MR) is 94.0 cm³/mol. The molecule has 0 spiro atoms. The second-order valence-corrected chi connectivity index (χ2v) is 6.52. The van der Waals surface area contributed by atoms with Crippen LogP contribution in [0.15, 0.2) is 36.5 Å². The van der Waals surface area contributed by atoms with E-state index in [0.29, 0.717) is 11.5 Å². The molecular weight excluding hydrogens is 418 g/mol. The molecule has 0 saturated heterocycles. The molecule has 6 nitrogen and oxygen atoms in total. The van der Waals surface area contributed by atoms with Gasteiger partial charge in [0.1, 0.15) is 11.4 Å². The second kappa shape index (κ2) is 7.50. The van der Waals surface area contributed by atoms with Gasteiger partial charge in [-0.3, -0.25) is 9.48 Å². The van der Waals surface area contributed by atoms with Gasteiger partial charge in [0.2, 0.25) is 0 Å². The van der Waals surface area contributed by atoms with Gasteiger partial charge in [-0.15, -0.1) is 13.2 Å². The summed E-state index contributed by atoms with van der Waals surface area (Å²) < 4.78 is 82.3. The van der Waals surface area contributed by atoms with E-state index in [1.807, 2.05) is 0 Å².